The second-order valence-electron chi connectivity index (χ2n) is 7.73. The fourth-order valence-electron chi connectivity index (χ4n) is 3.70. The van der Waals surface area contributed by atoms with Crippen LogP contribution in [0, 0.1) is 0 Å². The second kappa shape index (κ2) is 7.96. The Bertz CT molecular complexity index is 1670. The van der Waals surface area contributed by atoms with Crippen LogP contribution in [0.1, 0.15) is 19.8 Å². The number of para-hydroxylation sites is 2. The first-order valence-corrected chi connectivity index (χ1v) is 12.4. The monoisotopic (exact) mass is 463 g/mol. The molecule has 0 fully saturated rings. The summed E-state index contributed by atoms with van der Waals surface area (Å²) < 4.78 is 33.0. The van der Waals surface area contributed by atoms with Crippen molar-refractivity contribution in [3.8, 4) is 11.4 Å². The van der Waals surface area contributed by atoms with Crippen molar-refractivity contribution >= 4 is 37.7 Å². The van der Waals surface area contributed by atoms with E-state index in [0.717, 1.165) is 19.1 Å². The van der Waals surface area contributed by atoms with Crippen molar-refractivity contribution in [1.29, 1.82) is 0 Å². The molecule has 9 nitrogen and oxygen atoms in total. The summed E-state index contributed by atoms with van der Waals surface area (Å²) >= 11 is 0. The Hall–Kier alpha value is -3.79. The molecule has 0 saturated carbocycles. The summed E-state index contributed by atoms with van der Waals surface area (Å²) in [7, 11) is -3.67. The van der Waals surface area contributed by atoms with Crippen LogP contribution in [0.15, 0.2) is 64.7 Å². The highest BCUT2D eigenvalue weighted by Gasteiger charge is 2.20. The Morgan fingerprint density at radius 2 is 1.79 bits per heavy atom. The largest absolute Gasteiger partial charge is 0.494 e. The van der Waals surface area contributed by atoms with Crippen LogP contribution in [0.4, 0.5) is 0 Å². The molecule has 3 heterocycles. The van der Waals surface area contributed by atoms with Gasteiger partial charge in [0.2, 0.25) is 20.8 Å². The van der Waals surface area contributed by atoms with E-state index in [9.17, 15) is 13.2 Å². The van der Waals surface area contributed by atoms with E-state index in [0.29, 0.717) is 34.9 Å². The Labute approximate surface area is 189 Å². The molecule has 0 aliphatic carbocycles. The van der Waals surface area contributed by atoms with Gasteiger partial charge in [-0.3, -0.25) is 9.20 Å². The van der Waals surface area contributed by atoms with E-state index >= 15 is 0 Å². The average molecular weight is 464 g/mol. The molecule has 5 aromatic rings. The van der Waals surface area contributed by atoms with Gasteiger partial charge in [-0.25, -0.2) is 23.0 Å². The molecule has 10 heteroatoms. The van der Waals surface area contributed by atoms with Crippen LogP contribution in [0.5, 0.6) is 5.75 Å². The second-order valence-corrected chi connectivity index (χ2v) is 9.64. The zero-order valence-electron chi connectivity index (χ0n) is 18.1. The lowest BCUT2D eigenvalue weighted by atomic mass is 10.3. The van der Waals surface area contributed by atoms with Crippen molar-refractivity contribution in [3.63, 3.8) is 0 Å². The molecule has 0 aliphatic heterocycles. The zero-order chi connectivity index (χ0) is 23.2. The number of rotatable bonds is 6. The fraction of sp³-hybridized carbons (Fsp3) is 0.217. The minimum atomic E-state index is -3.67. The SMILES string of the molecule is CCCCOc1ccc(-n2c(=O)c3cnc(S(C)(=O)=O)nc3n3c4ccccc4nc23)cc1. The number of fused-ring (bicyclic) bond motifs is 5. The summed E-state index contributed by atoms with van der Waals surface area (Å²) in [5, 5.41) is -0.166. The lowest BCUT2D eigenvalue weighted by molar-refractivity contribution is 0.309. The molecule has 0 amide bonds. The summed E-state index contributed by atoms with van der Waals surface area (Å²) in [6, 6.07) is 14.6. The normalized spacial score (nSPS) is 12.1. The van der Waals surface area contributed by atoms with Gasteiger partial charge >= 0.3 is 0 Å². The Morgan fingerprint density at radius 1 is 1.03 bits per heavy atom. The summed E-state index contributed by atoms with van der Waals surface area (Å²) in [6.45, 7) is 2.72. The minimum Gasteiger partial charge on any atom is -0.494 e. The predicted octanol–water partition coefficient (Wildman–Crippen LogP) is 3.16. The van der Waals surface area contributed by atoms with E-state index in [1.807, 2.05) is 36.4 Å². The third kappa shape index (κ3) is 3.62. The number of unbranched alkanes of at least 4 members (excludes halogenated alkanes) is 1. The summed E-state index contributed by atoms with van der Waals surface area (Å²) in [5.41, 5.74) is 1.74. The van der Waals surface area contributed by atoms with E-state index in [2.05, 4.69) is 21.9 Å². The first kappa shape index (κ1) is 21.1. The maximum atomic E-state index is 13.5. The lowest BCUT2D eigenvalue weighted by Gasteiger charge is -2.12. The topological polar surface area (TPSA) is 108 Å². The van der Waals surface area contributed by atoms with Crippen LogP contribution in [-0.2, 0) is 9.84 Å². The van der Waals surface area contributed by atoms with E-state index in [-0.39, 0.29) is 16.2 Å². The number of nitrogens with zero attached hydrogens (tertiary/aromatic N) is 5. The smallest absolute Gasteiger partial charge is 0.270 e. The van der Waals surface area contributed by atoms with E-state index in [1.54, 1.807) is 16.5 Å². The van der Waals surface area contributed by atoms with E-state index < -0.39 is 15.4 Å². The van der Waals surface area contributed by atoms with Crippen LogP contribution < -0.4 is 10.3 Å². The van der Waals surface area contributed by atoms with Gasteiger partial charge in [0.15, 0.2) is 5.65 Å². The van der Waals surface area contributed by atoms with Crippen molar-refractivity contribution in [2.24, 2.45) is 0 Å². The third-order valence-corrected chi connectivity index (χ3v) is 6.19. The third-order valence-electron chi connectivity index (χ3n) is 5.33. The number of ether oxygens (including phenoxy) is 1. The molecule has 0 N–H and O–H groups in total. The quantitative estimate of drug-likeness (QED) is 0.281. The fourth-order valence-corrected chi connectivity index (χ4v) is 4.20. The molecule has 0 unspecified atom stereocenters. The molecule has 5 rings (SSSR count). The first-order valence-electron chi connectivity index (χ1n) is 10.5. The maximum Gasteiger partial charge on any atom is 0.270 e. The van der Waals surface area contributed by atoms with Gasteiger partial charge in [-0.2, -0.15) is 4.98 Å². The molecule has 0 spiro atoms. The molecule has 0 atom stereocenters. The van der Waals surface area contributed by atoms with Gasteiger partial charge < -0.3 is 4.74 Å². The van der Waals surface area contributed by atoms with Gasteiger partial charge in [-0.1, -0.05) is 25.5 Å². The van der Waals surface area contributed by atoms with Crippen molar-refractivity contribution in [2.45, 2.75) is 24.9 Å². The van der Waals surface area contributed by atoms with Crippen LogP contribution >= 0.6 is 0 Å². The molecule has 33 heavy (non-hydrogen) atoms. The van der Waals surface area contributed by atoms with Crippen LogP contribution in [0.25, 0.3) is 33.5 Å². The van der Waals surface area contributed by atoms with E-state index in [4.69, 9.17) is 4.74 Å². The van der Waals surface area contributed by atoms with Crippen LogP contribution in [0.2, 0.25) is 0 Å². The van der Waals surface area contributed by atoms with Gasteiger partial charge in [0, 0.05) is 12.5 Å². The maximum absolute atomic E-state index is 13.5. The average Bonchev–Trinajstić information content (AvgIpc) is 3.19. The standard InChI is InChI=1S/C23H21N5O4S/c1-3-4-13-32-16-11-9-15(10-12-16)27-21(29)17-14-24-22(33(2,30)31)26-20(17)28-19-8-6-5-7-18(19)25-23(27)28/h5-12,14H,3-4,13H2,1-2H3. The summed E-state index contributed by atoms with van der Waals surface area (Å²) in [4.78, 5) is 26.4. The number of benzene rings is 2. The van der Waals surface area contributed by atoms with Crippen molar-refractivity contribution < 1.29 is 13.2 Å². The van der Waals surface area contributed by atoms with Gasteiger partial charge in [-0.05, 0) is 42.8 Å². The van der Waals surface area contributed by atoms with Crippen molar-refractivity contribution in [2.75, 3.05) is 12.9 Å². The van der Waals surface area contributed by atoms with E-state index in [1.165, 1.54) is 10.8 Å². The molecule has 3 aromatic heterocycles. The lowest BCUT2D eigenvalue weighted by Crippen LogP contribution is -2.23. The highest BCUT2D eigenvalue weighted by Crippen LogP contribution is 2.23. The molecule has 2 aromatic carbocycles. The van der Waals surface area contributed by atoms with Crippen LogP contribution in [0.3, 0.4) is 0 Å². The van der Waals surface area contributed by atoms with Gasteiger partial charge in [0.05, 0.1) is 23.3 Å². The minimum absolute atomic E-state index is 0.182. The molecule has 168 valence electrons. The van der Waals surface area contributed by atoms with Gasteiger partial charge in [0.1, 0.15) is 11.1 Å². The number of aromatic nitrogens is 5. The number of imidazole rings is 1. The highest BCUT2D eigenvalue weighted by molar-refractivity contribution is 7.90. The zero-order valence-corrected chi connectivity index (χ0v) is 18.9. The Kier molecular flexibility index (Phi) is 5.09. The number of sulfone groups is 1. The first-order chi connectivity index (χ1) is 15.9. The van der Waals surface area contributed by atoms with Gasteiger partial charge in [-0.15, -0.1) is 0 Å². The molecule has 0 bridgehead atoms. The van der Waals surface area contributed by atoms with Crippen molar-refractivity contribution in [1.82, 2.24) is 23.9 Å². The van der Waals surface area contributed by atoms with Gasteiger partial charge in [0.25, 0.3) is 5.56 Å². The molecule has 0 radical (unpaired) electrons. The summed E-state index contributed by atoms with van der Waals surface area (Å²) in [5.74, 6) is 1.04. The highest BCUT2D eigenvalue weighted by atomic mass is 32.2. The molecule has 0 saturated heterocycles. The number of hydrogen-bond donors (Lipinski definition) is 0. The molecule has 0 aliphatic rings. The summed E-state index contributed by atoms with van der Waals surface area (Å²) in [6.07, 6.45) is 4.29. The predicted molar refractivity (Wildman–Crippen MR) is 125 cm³/mol. The Morgan fingerprint density at radius 3 is 2.52 bits per heavy atom. The molecular weight excluding hydrogens is 442 g/mol. The molecular formula is C23H21N5O4S. The van der Waals surface area contributed by atoms with Crippen molar-refractivity contribution in [3.05, 3.63) is 65.1 Å². The Balaban J connectivity index is 1.81. The number of hydrogen-bond acceptors (Lipinski definition) is 7. The van der Waals surface area contributed by atoms with Crippen LogP contribution in [-0.4, -0.2) is 45.2 Å².